The summed E-state index contributed by atoms with van der Waals surface area (Å²) in [5, 5.41) is 0. The van der Waals surface area contributed by atoms with Crippen LogP contribution in [0.2, 0.25) is 0 Å². The molecule has 0 aromatic carbocycles. The predicted molar refractivity (Wildman–Crippen MR) is 66.0 cm³/mol. The van der Waals surface area contributed by atoms with E-state index >= 15 is 0 Å². The number of carbonyl (C=O) groups is 1. The van der Waals surface area contributed by atoms with Crippen LogP contribution in [-0.2, 0) is 17.6 Å². The fourth-order valence-corrected chi connectivity index (χ4v) is 2.77. The Morgan fingerprint density at radius 3 is 1.83 bits per heavy atom. The summed E-state index contributed by atoms with van der Waals surface area (Å²) in [6.07, 6.45) is 6.72. The first-order chi connectivity index (χ1) is 8.83. The number of carbonyl (C=O) groups excluding carboxylic acids is 1. The lowest BCUT2D eigenvalue weighted by Gasteiger charge is -2.08. The number of hydrogen-bond donors (Lipinski definition) is 0. The molecule has 3 rings (SSSR count). The Balaban J connectivity index is 1.62. The first-order valence-electron chi connectivity index (χ1n) is 6.41. The van der Waals surface area contributed by atoms with Crippen molar-refractivity contribution in [2.75, 3.05) is 0 Å². The molecule has 2 aromatic rings. The van der Waals surface area contributed by atoms with Gasteiger partial charge < -0.3 is 8.83 Å². The van der Waals surface area contributed by atoms with Gasteiger partial charge in [0.05, 0.1) is 12.5 Å². The van der Waals surface area contributed by atoms with Crippen LogP contribution in [-0.4, -0.2) is 5.78 Å². The first kappa shape index (κ1) is 11.3. The molecule has 2 atom stereocenters. The average molecular weight is 244 g/mol. The largest absolute Gasteiger partial charge is 0.469 e. The van der Waals surface area contributed by atoms with Gasteiger partial charge in [-0.1, -0.05) is 0 Å². The van der Waals surface area contributed by atoms with Gasteiger partial charge in [-0.15, -0.1) is 0 Å². The van der Waals surface area contributed by atoms with Crippen molar-refractivity contribution in [3.05, 3.63) is 48.3 Å². The van der Waals surface area contributed by atoms with Crippen LogP contribution in [0, 0.1) is 11.8 Å². The molecule has 0 N–H and O–H groups in total. The third-order valence-electron chi connectivity index (χ3n) is 3.72. The Labute approximate surface area is 106 Å². The summed E-state index contributed by atoms with van der Waals surface area (Å²) in [6.45, 7) is 0. The summed E-state index contributed by atoms with van der Waals surface area (Å²) in [7, 11) is 0. The van der Waals surface area contributed by atoms with E-state index in [1.165, 1.54) is 0 Å². The van der Waals surface area contributed by atoms with E-state index in [9.17, 15) is 4.79 Å². The number of furan rings is 2. The maximum absolute atomic E-state index is 12.3. The molecular weight excluding hydrogens is 228 g/mol. The molecule has 0 spiro atoms. The Hall–Kier alpha value is -1.77. The van der Waals surface area contributed by atoms with Crippen LogP contribution < -0.4 is 0 Å². The lowest BCUT2D eigenvalue weighted by molar-refractivity contribution is -0.124. The Morgan fingerprint density at radius 1 is 0.944 bits per heavy atom. The van der Waals surface area contributed by atoms with Crippen LogP contribution >= 0.6 is 0 Å². The van der Waals surface area contributed by atoms with Crippen LogP contribution in [0.25, 0.3) is 0 Å². The second-order valence-electron chi connectivity index (χ2n) is 4.94. The van der Waals surface area contributed by atoms with Crippen LogP contribution in [0.3, 0.4) is 0 Å². The molecule has 2 aromatic heterocycles. The lowest BCUT2D eigenvalue weighted by Crippen LogP contribution is -2.17. The minimum atomic E-state index is 0.121. The van der Waals surface area contributed by atoms with Gasteiger partial charge in [0.1, 0.15) is 17.3 Å². The fraction of sp³-hybridized carbons (Fsp3) is 0.400. The van der Waals surface area contributed by atoms with Crippen LogP contribution in [0.5, 0.6) is 0 Å². The summed E-state index contributed by atoms with van der Waals surface area (Å²) in [5.41, 5.74) is 0. The maximum atomic E-state index is 12.3. The molecule has 0 bridgehead atoms. The summed E-state index contributed by atoms with van der Waals surface area (Å²) in [6, 6.07) is 7.62. The Morgan fingerprint density at radius 2 is 1.44 bits per heavy atom. The molecule has 3 nitrogen and oxygen atoms in total. The molecule has 1 saturated carbocycles. The van der Waals surface area contributed by atoms with E-state index in [-0.39, 0.29) is 11.8 Å². The van der Waals surface area contributed by atoms with Crippen molar-refractivity contribution in [3.8, 4) is 0 Å². The van der Waals surface area contributed by atoms with Gasteiger partial charge in [0.25, 0.3) is 0 Å². The van der Waals surface area contributed by atoms with Gasteiger partial charge in [-0.25, -0.2) is 0 Å². The van der Waals surface area contributed by atoms with Crippen molar-refractivity contribution >= 4 is 5.78 Å². The third kappa shape index (κ3) is 2.26. The van der Waals surface area contributed by atoms with Crippen molar-refractivity contribution in [2.24, 2.45) is 11.8 Å². The highest BCUT2D eigenvalue weighted by Gasteiger charge is 2.34. The molecule has 1 aliphatic carbocycles. The van der Waals surface area contributed by atoms with Crippen molar-refractivity contribution in [1.82, 2.24) is 0 Å². The van der Waals surface area contributed by atoms with E-state index in [1.807, 2.05) is 24.3 Å². The van der Waals surface area contributed by atoms with Crippen molar-refractivity contribution < 1.29 is 13.6 Å². The van der Waals surface area contributed by atoms with Crippen molar-refractivity contribution in [2.45, 2.75) is 25.7 Å². The molecule has 94 valence electrons. The number of Topliss-reactive ketones (excluding diaryl/α,β-unsaturated/α-hetero) is 1. The minimum Gasteiger partial charge on any atom is -0.469 e. The molecule has 0 amide bonds. The second-order valence-corrected chi connectivity index (χ2v) is 4.94. The molecule has 1 fully saturated rings. The Kier molecular flexibility index (Phi) is 3.05. The molecule has 0 aliphatic heterocycles. The van der Waals surface area contributed by atoms with Crippen LogP contribution in [0.4, 0.5) is 0 Å². The van der Waals surface area contributed by atoms with Gasteiger partial charge in [0, 0.05) is 24.7 Å². The highest BCUT2D eigenvalue weighted by atomic mass is 16.3. The monoisotopic (exact) mass is 244 g/mol. The molecule has 0 saturated heterocycles. The van der Waals surface area contributed by atoms with E-state index in [0.717, 1.165) is 37.2 Å². The zero-order valence-corrected chi connectivity index (χ0v) is 10.2. The highest BCUT2D eigenvalue weighted by molar-refractivity contribution is 5.85. The summed E-state index contributed by atoms with van der Waals surface area (Å²) in [4.78, 5) is 12.3. The topological polar surface area (TPSA) is 43.4 Å². The predicted octanol–water partition coefficient (Wildman–Crippen LogP) is 3.25. The molecule has 0 radical (unpaired) electrons. The first-order valence-corrected chi connectivity index (χ1v) is 6.41. The molecular formula is C15H16O3. The molecule has 1 aliphatic rings. The quantitative estimate of drug-likeness (QED) is 0.829. The molecule has 3 heteroatoms. The highest BCUT2D eigenvalue weighted by Crippen LogP contribution is 2.32. The average Bonchev–Trinajstić information content (AvgIpc) is 3.08. The summed E-state index contributed by atoms with van der Waals surface area (Å²) >= 11 is 0. The van der Waals surface area contributed by atoms with E-state index in [4.69, 9.17) is 8.83 Å². The van der Waals surface area contributed by atoms with Gasteiger partial charge >= 0.3 is 0 Å². The normalized spacial score (nSPS) is 23.7. The minimum absolute atomic E-state index is 0.121. The van der Waals surface area contributed by atoms with Crippen molar-refractivity contribution in [3.63, 3.8) is 0 Å². The summed E-state index contributed by atoms with van der Waals surface area (Å²) < 4.78 is 10.6. The second kappa shape index (κ2) is 4.84. The van der Waals surface area contributed by atoms with Gasteiger partial charge in [-0.2, -0.15) is 0 Å². The van der Waals surface area contributed by atoms with Gasteiger partial charge in [-0.3, -0.25) is 4.79 Å². The van der Waals surface area contributed by atoms with E-state index in [2.05, 4.69) is 0 Å². The van der Waals surface area contributed by atoms with E-state index in [1.54, 1.807) is 12.5 Å². The number of hydrogen-bond acceptors (Lipinski definition) is 3. The standard InChI is InChI=1S/C15H16O3/c16-15-11(9-13-3-1-7-17-13)5-6-12(15)10-14-4-2-8-18-14/h1-4,7-8,11-12H,5-6,9-10H2. The maximum Gasteiger partial charge on any atom is 0.139 e. The smallest absolute Gasteiger partial charge is 0.139 e. The Bertz CT molecular complexity index is 450. The SMILES string of the molecule is O=C1C(Cc2ccco2)CCC1Cc1ccco1. The third-order valence-corrected chi connectivity index (χ3v) is 3.72. The van der Waals surface area contributed by atoms with Gasteiger partial charge in [0.2, 0.25) is 0 Å². The number of ketones is 1. The molecule has 2 heterocycles. The van der Waals surface area contributed by atoms with Crippen LogP contribution in [0.15, 0.2) is 45.6 Å². The number of rotatable bonds is 4. The van der Waals surface area contributed by atoms with Gasteiger partial charge in [0.15, 0.2) is 0 Å². The molecule has 18 heavy (non-hydrogen) atoms. The van der Waals surface area contributed by atoms with Crippen LogP contribution in [0.1, 0.15) is 24.4 Å². The zero-order chi connectivity index (χ0) is 12.4. The van der Waals surface area contributed by atoms with Gasteiger partial charge in [-0.05, 0) is 37.1 Å². The zero-order valence-electron chi connectivity index (χ0n) is 10.2. The fourth-order valence-electron chi connectivity index (χ4n) is 2.77. The lowest BCUT2D eigenvalue weighted by atomic mass is 9.96. The van der Waals surface area contributed by atoms with E-state index < -0.39 is 0 Å². The van der Waals surface area contributed by atoms with Crippen molar-refractivity contribution in [1.29, 1.82) is 0 Å². The molecule has 2 unspecified atom stereocenters. The summed E-state index contributed by atoms with van der Waals surface area (Å²) in [5.74, 6) is 2.43. The van der Waals surface area contributed by atoms with E-state index in [0.29, 0.717) is 5.78 Å².